The molecule has 0 fully saturated rings. The Balaban J connectivity index is 2.15. The van der Waals surface area contributed by atoms with E-state index in [-0.39, 0.29) is 4.99 Å². The van der Waals surface area contributed by atoms with E-state index in [0.717, 1.165) is 0 Å². The maximum absolute atomic E-state index is 11.9. The predicted molar refractivity (Wildman–Crippen MR) is 86.4 cm³/mol. The lowest BCUT2D eigenvalue weighted by molar-refractivity contribution is 0.262. The van der Waals surface area contributed by atoms with Gasteiger partial charge in [0.15, 0.2) is 0 Å². The van der Waals surface area contributed by atoms with Crippen molar-refractivity contribution in [3.8, 4) is 0 Å². The number of amides is 2. The summed E-state index contributed by atoms with van der Waals surface area (Å²) in [5, 5.41) is 5.86. The van der Waals surface area contributed by atoms with Gasteiger partial charge in [0.05, 0.1) is 5.69 Å². The zero-order valence-electron chi connectivity index (χ0n) is 10.4. The average Bonchev–Trinajstić information content (AvgIpc) is 2.39. The number of thiocarbonyl (C=S) groups is 1. The molecule has 4 nitrogen and oxygen atoms in total. The van der Waals surface area contributed by atoms with Gasteiger partial charge in [-0.2, -0.15) is 0 Å². The number of halogens is 1. The lowest BCUT2D eigenvalue weighted by Gasteiger charge is -2.11. The molecule has 0 heterocycles. The summed E-state index contributed by atoms with van der Waals surface area (Å²) in [7, 11) is 0. The molecule has 0 aliphatic heterocycles. The monoisotopic (exact) mass is 305 g/mol. The first-order valence-corrected chi connectivity index (χ1v) is 6.57. The fourth-order valence-electron chi connectivity index (χ4n) is 1.64. The van der Waals surface area contributed by atoms with Crippen LogP contribution in [0.25, 0.3) is 0 Å². The Morgan fingerprint density at radius 1 is 1.10 bits per heavy atom. The van der Waals surface area contributed by atoms with Gasteiger partial charge in [0.2, 0.25) is 0 Å². The zero-order chi connectivity index (χ0) is 14.5. The maximum atomic E-state index is 11.9. The third-order valence-electron chi connectivity index (χ3n) is 2.53. The van der Waals surface area contributed by atoms with Gasteiger partial charge in [0.25, 0.3) is 0 Å². The molecule has 4 N–H and O–H groups in total. The van der Waals surface area contributed by atoms with Crippen molar-refractivity contribution in [2.24, 2.45) is 5.73 Å². The van der Waals surface area contributed by atoms with E-state index >= 15 is 0 Å². The summed E-state index contributed by atoms with van der Waals surface area (Å²) in [5.74, 6) is 0. The number of anilines is 2. The third-order valence-corrected chi connectivity index (χ3v) is 2.98. The van der Waals surface area contributed by atoms with Gasteiger partial charge in [-0.15, -0.1) is 0 Å². The number of para-hydroxylation sites is 1. The molecule has 0 spiro atoms. The van der Waals surface area contributed by atoms with Gasteiger partial charge in [0.1, 0.15) is 4.99 Å². The number of nitrogens with two attached hydrogens (primary N) is 1. The number of nitrogens with one attached hydrogen (secondary N) is 2. The molecule has 0 saturated heterocycles. The number of hydrogen-bond donors (Lipinski definition) is 3. The summed E-state index contributed by atoms with van der Waals surface area (Å²) in [6.07, 6.45) is 0. The van der Waals surface area contributed by atoms with E-state index in [0.29, 0.717) is 22.0 Å². The van der Waals surface area contributed by atoms with Crippen molar-refractivity contribution in [3.05, 3.63) is 59.1 Å². The predicted octanol–water partition coefficient (Wildman–Crippen LogP) is 3.62. The fourth-order valence-corrected chi connectivity index (χ4v) is 1.99. The molecule has 6 heteroatoms. The van der Waals surface area contributed by atoms with E-state index in [1.807, 2.05) is 18.2 Å². The molecular weight excluding hydrogens is 294 g/mol. The fraction of sp³-hybridized carbons (Fsp3) is 0. The zero-order valence-corrected chi connectivity index (χ0v) is 12.0. The van der Waals surface area contributed by atoms with E-state index in [4.69, 9.17) is 29.6 Å². The Hall–Kier alpha value is -2.11. The Morgan fingerprint density at radius 2 is 1.80 bits per heavy atom. The summed E-state index contributed by atoms with van der Waals surface area (Å²) in [4.78, 5) is 12.1. The molecule has 0 radical (unpaired) electrons. The number of carbonyl (C=O) groups excluding carboxylic acids is 1. The van der Waals surface area contributed by atoms with Crippen molar-refractivity contribution in [3.63, 3.8) is 0 Å². The van der Waals surface area contributed by atoms with Gasteiger partial charge in [-0.3, -0.25) is 0 Å². The molecule has 0 atom stereocenters. The minimum Gasteiger partial charge on any atom is -0.389 e. The molecule has 0 unspecified atom stereocenters. The highest BCUT2D eigenvalue weighted by molar-refractivity contribution is 7.80. The molecule has 2 rings (SSSR count). The van der Waals surface area contributed by atoms with Crippen LogP contribution in [0.1, 0.15) is 5.56 Å². The van der Waals surface area contributed by atoms with Crippen LogP contribution in [0.15, 0.2) is 48.5 Å². The van der Waals surface area contributed by atoms with Crippen molar-refractivity contribution in [1.29, 1.82) is 0 Å². The van der Waals surface area contributed by atoms with Crippen LogP contribution in [0.3, 0.4) is 0 Å². The second-order valence-electron chi connectivity index (χ2n) is 4.00. The van der Waals surface area contributed by atoms with Crippen molar-refractivity contribution in [1.82, 2.24) is 0 Å². The van der Waals surface area contributed by atoms with Gasteiger partial charge in [-0.25, -0.2) is 4.79 Å². The number of carbonyl (C=O) groups is 1. The third kappa shape index (κ3) is 3.69. The minimum absolute atomic E-state index is 0.191. The molecule has 102 valence electrons. The van der Waals surface area contributed by atoms with Crippen LogP contribution in [0.2, 0.25) is 5.02 Å². The second kappa shape index (κ2) is 6.36. The summed E-state index contributed by atoms with van der Waals surface area (Å²) in [6, 6.07) is 13.6. The van der Waals surface area contributed by atoms with Crippen LogP contribution >= 0.6 is 23.8 Å². The van der Waals surface area contributed by atoms with Crippen LogP contribution in [0.5, 0.6) is 0 Å². The Labute approximate surface area is 126 Å². The van der Waals surface area contributed by atoms with Gasteiger partial charge in [-0.05, 0) is 30.3 Å². The molecule has 0 aliphatic carbocycles. The van der Waals surface area contributed by atoms with Gasteiger partial charge in [-0.1, -0.05) is 42.0 Å². The van der Waals surface area contributed by atoms with E-state index in [1.165, 1.54) is 0 Å². The first-order valence-electron chi connectivity index (χ1n) is 5.78. The molecular formula is C14H12ClN3OS. The topological polar surface area (TPSA) is 67.1 Å². The minimum atomic E-state index is -0.393. The standard InChI is InChI=1S/C14H12ClN3OS/c15-9-6-7-11(13(16)20)12(8-9)18-14(19)17-10-4-2-1-3-5-10/h1-8H,(H2,16,20)(H2,17,18,19). The molecule has 0 saturated carbocycles. The van der Waals surface area contributed by atoms with Gasteiger partial charge < -0.3 is 16.4 Å². The first-order chi connectivity index (χ1) is 9.56. The maximum Gasteiger partial charge on any atom is 0.323 e. The number of urea groups is 1. The van der Waals surface area contributed by atoms with E-state index in [1.54, 1.807) is 30.3 Å². The highest BCUT2D eigenvalue weighted by atomic mass is 35.5. The van der Waals surface area contributed by atoms with Crippen LogP contribution in [-0.4, -0.2) is 11.0 Å². The van der Waals surface area contributed by atoms with Crippen LogP contribution < -0.4 is 16.4 Å². The van der Waals surface area contributed by atoms with E-state index < -0.39 is 6.03 Å². The normalized spacial score (nSPS) is 9.85. The lowest BCUT2D eigenvalue weighted by atomic mass is 10.2. The Morgan fingerprint density at radius 3 is 2.45 bits per heavy atom. The molecule has 20 heavy (non-hydrogen) atoms. The Kier molecular flexibility index (Phi) is 4.55. The number of rotatable bonds is 3. The summed E-state index contributed by atoms with van der Waals surface area (Å²) in [6.45, 7) is 0. The number of hydrogen-bond acceptors (Lipinski definition) is 2. The van der Waals surface area contributed by atoms with Crippen molar-refractivity contribution < 1.29 is 4.79 Å². The van der Waals surface area contributed by atoms with Crippen molar-refractivity contribution in [2.75, 3.05) is 10.6 Å². The van der Waals surface area contributed by atoms with Gasteiger partial charge >= 0.3 is 6.03 Å². The SMILES string of the molecule is NC(=S)c1ccc(Cl)cc1NC(=O)Nc1ccccc1. The van der Waals surface area contributed by atoms with Crippen LogP contribution in [0.4, 0.5) is 16.2 Å². The van der Waals surface area contributed by atoms with Crippen molar-refractivity contribution >= 4 is 46.2 Å². The Bertz CT molecular complexity index is 646. The second-order valence-corrected chi connectivity index (χ2v) is 4.88. The lowest BCUT2D eigenvalue weighted by Crippen LogP contribution is -2.22. The van der Waals surface area contributed by atoms with Gasteiger partial charge in [0, 0.05) is 16.3 Å². The summed E-state index contributed by atoms with van der Waals surface area (Å²) in [5.41, 5.74) is 7.33. The highest BCUT2D eigenvalue weighted by Crippen LogP contribution is 2.21. The van der Waals surface area contributed by atoms with Crippen molar-refractivity contribution in [2.45, 2.75) is 0 Å². The van der Waals surface area contributed by atoms with Crippen LogP contribution in [-0.2, 0) is 0 Å². The molecule has 2 amide bonds. The van der Waals surface area contributed by atoms with E-state index in [2.05, 4.69) is 10.6 Å². The number of benzene rings is 2. The molecule has 0 aromatic heterocycles. The van der Waals surface area contributed by atoms with Crippen LogP contribution in [0, 0.1) is 0 Å². The molecule has 0 bridgehead atoms. The molecule has 2 aromatic rings. The first kappa shape index (κ1) is 14.3. The van der Waals surface area contributed by atoms with E-state index in [9.17, 15) is 4.79 Å². The smallest absolute Gasteiger partial charge is 0.323 e. The quantitative estimate of drug-likeness (QED) is 0.759. The largest absolute Gasteiger partial charge is 0.389 e. The summed E-state index contributed by atoms with van der Waals surface area (Å²) < 4.78 is 0. The molecule has 0 aliphatic rings. The average molecular weight is 306 g/mol. The summed E-state index contributed by atoms with van der Waals surface area (Å²) >= 11 is 10.8. The molecule has 2 aromatic carbocycles. The highest BCUT2D eigenvalue weighted by Gasteiger charge is 2.09.